The number of likely N-dealkylation sites (tertiary alicyclic amines) is 1. The molecule has 1 N–H and O–H groups in total. The van der Waals surface area contributed by atoms with Crippen molar-refractivity contribution in [2.24, 2.45) is 0 Å². The monoisotopic (exact) mass is 362 g/mol. The summed E-state index contributed by atoms with van der Waals surface area (Å²) >= 11 is 0. The van der Waals surface area contributed by atoms with Crippen molar-refractivity contribution in [1.29, 1.82) is 0 Å². The molecule has 1 fully saturated rings. The highest BCUT2D eigenvalue weighted by Crippen LogP contribution is 2.18. The zero-order valence-electron chi connectivity index (χ0n) is 14.9. The van der Waals surface area contributed by atoms with Crippen LogP contribution < -0.4 is 5.32 Å². The number of hydrogen-bond donors (Lipinski definition) is 1. The summed E-state index contributed by atoms with van der Waals surface area (Å²) in [7, 11) is 2.44. The molecule has 2 rings (SSSR count). The Hall–Kier alpha value is -2.90. The number of carbonyl (C=O) groups excluding carboxylic acids is 4. The van der Waals surface area contributed by atoms with E-state index in [1.165, 1.54) is 37.3 Å². The number of hydrogen-bond acceptors (Lipinski definition) is 6. The summed E-state index contributed by atoms with van der Waals surface area (Å²) in [6, 6.07) is 4.13. The van der Waals surface area contributed by atoms with Crippen LogP contribution in [0.5, 0.6) is 0 Å². The largest absolute Gasteiger partial charge is 0.465 e. The molecule has 1 heterocycles. The number of rotatable bonds is 5. The first-order valence-corrected chi connectivity index (χ1v) is 8.34. The number of ether oxygens (including phenoxy) is 2. The first-order valence-electron chi connectivity index (χ1n) is 8.34. The second-order valence-corrected chi connectivity index (χ2v) is 5.96. The molecule has 1 aliphatic rings. The molecule has 0 saturated carbocycles. The minimum Gasteiger partial charge on any atom is -0.465 e. The Labute approximate surface area is 151 Å². The predicted molar refractivity (Wildman–Crippen MR) is 92.8 cm³/mol. The van der Waals surface area contributed by atoms with Crippen LogP contribution in [0.3, 0.4) is 0 Å². The quantitative estimate of drug-likeness (QED) is 0.798. The maximum atomic E-state index is 12.3. The Morgan fingerprint density at radius 1 is 1.00 bits per heavy atom. The molecular formula is C18H22N2O6. The van der Waals surface area contributed by atoms with Gasteiger partial charge >= 0.3 is 11.9 Å². The van der Waals surface area contributed by atoms with Gasteiger partial charge in [0.25, 0.3) is 0 Å². The summed E-state index contributed by atoms with van der Waals surface area (Å²) in [6.07, 6.45) is 3.11. The Balaban J connectivity index is 2.16. The normalized spacial score (nSPS) is 14.4. The Morgan fingerprint density at radius 2 is 1.62 bits per heavy atom. The number of amides is 2. The Bertz CT molecular complexity index is 681. The molecule has 0 aliphatic carbocycles. The van der Waals surface area contributed by atoms with E-state index in [1.807, 2.05) is 0 Å². The zero-order valence-corrected chi connectivity index (χ0v) is 14.9. The Morgan fingerprint density at radius 3 is 2.19 bits per heavy atom. The first kappa shape index (κ1) is 19.4. The minimum atomic E-state index is -0.644. The van der Waals surface area contributed by atoms with Gasteiger partial charge in [-0.05, 0) is 31.0 Å². The van der Waals surface area contributed by atoms with Gasteiger partial charge in [-0.25, -0.2) is 9.59 Å². The van der Waals surface area contributed by atoms with Gasteiger partial charge in [-0.1, -0.05) is 6.42 Å². The van der Waals surface area contributed by atoms with E-state index in [4.69, 9.17) is 0 Å². The lowest BCUT2D eigenvalue weighted by molar-refractivity contribution is -0.134. The van der Waals surface area contributed by atoms with Crippen LogP contribution in [0.15, 0.2) is 18.2 Å². The third-order valence-electron chi connectivity index (χ3n) is 4.06. The average Bonchev–Trinajstić information content (AvgIpc) is 2.84. The standard InChI is InChI=1S/C18H22N2O6/c1-25-17(23)12-8-13(18(24)26-2)10-14(9-12)19-15(21)11-20-7-5-3-4-6-16(20)22/h8-10H,3-7,11H2,1-2H3,(H,19,21). The van der Waals surface area contributed by atoms with E-state index < -0.39 is 17.8 Å². The SMILES string of the molecule is COC(=O)c1cc(NC(=O)CN2CCCCCC2=O)cc(C(=O)OC)c1. The van der Waals surface area contributed by atoms with Gasteiger partial charge in [-0.2, -0.15) is 0 Å². The van der Waals surface area contributed by atoms with E-state index >= 15 is 0 Å². The van der Waals surface area contributed by atoms with E-state index in [1.54, 1.807) is 0 Å². The summed E-state index contributed by atoms with van der Waals surface area (Å²) in [5, 5.41) is 2.62. The third kappa shape index (κ3) is 5.05. The van der Waals surface area contributed by atoms with Gasteiger partial charge in [0.15, 0.2) is 0 Å². The highest BCUT2D eigenvalue weighted by atomic mass is 16.5. The van der Waals surface area contributed by atoms with Crippen LogP contribution in [0.2, 0.25) is 0 Å². The molecule has 1 aromatic carbocycles. The molecule has 140 valence electrons. The van der Waals surface area contributed by atoms with Crippen molar-refractivity contribution in [3.8, 4) is 0 Å². The smallest absolute Gasteiger partial charge is 0.337 e. The molecule has 0 unspecified atom stereocenters. The average molecular weight is 362 g/mol. The van der Waals surface area contributed by atoms with Gasteiger partial charge < -0.3 is 19.7 Å². The van der Waals surface area contributed by atoms with Crippen LogP contribution in [0.25, 0.3) is 0 Å². The highest BCUT2D eigenvalue weighted by molar-refractivity contribution is 6.00. The maximum Gasteiger partial charge on any atom is 0.337 e. The van der Waals surface area contributed by atoms with Crippen LogP contribution in [-0.4, -0.2) is 56.0 Å². The molecule has 26 heavy (non-hydrogen) atoms. The number of nitrogens with zero attached hydrogens (tertiary/aromatic N) is 1. The fourth-order valence-corrected chi connectivity index (χ4v) is 2.75. The molecule has 0 spiro atoms. The van der Waals surface area contributed by atoms with Crippen molar-refractivity contribution < 1.29 is 28.7 Å². The number of carbonyl (C=O) groups is 4. The number of benzene rings is 1. The second-order valence-electron chi connectivity index (χ2n) is 5.96. The van der Waals surface area contributed by atoms with E-state index in [9.17, 15) is 19.2 Å². The van der Waals surface area contributed by atoms with E-state index in [-0.39, 0.29) is 29.3 Å². The van der Waals surface area contributed by atoms with Gasteiger partial charge in [0.05, 0.1) is 31.9 Å². The molecule has 1 aliphatic heterocycles. The van der Waals surface area contributed by atoms with Crippen molar-refractivity contribution in [2.75, 3.05) is 32.6 Å². The topological polar surface area (TPSA) is 102 Å². The molecule has 2 amide bonds. The van der Waals surface area contributed by atoms with Crippen molar-refractivity contribution in [1.82, 2.24) is 4.90 Å². The van der Waals surface area contributed by atoms with Gasteiger partial charge in [-0.15, -0.1) is 0 Å². The number of esters is 2. The zero-order chi connectivity index (χ0) is 19.1. The maximum absolute atomic E-state index is 12.3. The molecule has 1 aromatic rings. The second kappa shape index (κ2) is 8.98. The molecule has 0 bridgehead atoms. The molecular weight excluding hydrogens is 340 g/mol. The first-order chi connectivity index (χ1) is 12.4. The van der Waals surface area contributed by atoms with Crippen LogP contribution in [0, 0.1) is 0 Å². The van der Waals surface area contributed by atoms with Crippen molar-refractivity contribution in [2.45, 2.75) is 25.7 Å². The summed E-state index contributed by atoms with van der Waals surface area (Å²) in [6.45, 7) is 0.469. The van der Waals surface area contributed by atoms with Gasteiger partial charge in [0, 0.05) is 18.7 Å². The van der Waals surface area contributed by atoms with Crippen LogP contribution in [-0.2, 0) is 19.1 Å². The molecule has 0 atom stereocenters. The highest BCUT2D eigenvalue weighted by Gasteiger charge is 2.20. The fourth-order valence-electron chi connectivity index (χ4n) is 2.75. The number of anilines is 1. The lowest BCUT2D eigenvalue weighted by Crippen LogP contribution is -2.37. The van der Waals surface area contributed by atoms with Gasteiger partial charge in [-0.3, -0.25) is 9.59 Å². The molecule has 8 nitrogen and oxygen atoms in total. The van der Waals surface area contributed by atoms with Crippen molar-refractivity contribution in [3.63, 3.8) is 0 Å². The fraction of sp³-hybridized carbons (Fsp3) is 0.444. The van der Waals surface area contributed by atoms with Gasteiger partial charge in [0.1, 0.15) is 0 Å². The van der Waals surface area contributed by atoms with Crippen LogP contribution >= 0.6 is 0 Å². The van der Waals surface area contributed by atoms with Crippen molar-refractivity contribution in [3.05, 3.63) is 29.3 Å². The van der Waals surface area contributed by atoms with Crippen LogP contribution in [0.1, 0.15) is 46.4 Å². The third-order valence-corrected chi connectivity index (χ3v) is 4.06. The van der Waals surface area contributed by atoms with E-state index in [0.29, 0.717) is 13.0 Å². The van der Waals surface area contributed by atoms with Gasteiger partial charge in [0.2, 0.25) is 11.8 Å². The Kier molecular flexibility index (Phi) is 6.71. The van der Waals surface area contributed by atoms with Crippen LogP contribution in [0.4, 0.5) is 5.69 Å². The summed E-state index contributed by atoms with van der Waals surface area (Å²) in [5.41, 5.74) is 0.466. The number of nitrogens with one attached hydrogen (secondary N) is 1. The minimum absolute atomic E-state index is 0.0452. The molecule has 8 heteroatoms. The molecule has 0 radical (unpaired) electrons. The molecule has 0 aromatic heterocycles. The lowest BCUT2D eigenvalue weighted by Gasteiger charge is -2.20. The van der Waals surface area contributed by atoms with E-state index in [2.05, 4.69) is 14.8 Å². The summed E-state index contributed by atoms with van der Waals surface area (Å²) < 4.78 is 9.31. The lowest BCUT2D eigenvalue weighted by atomic mass is 10.1. The predicted octanol–water partition coefficient (Wildman–Crippen LogP) is 1.60. The van der Waals surface area contributed by atoms with Crippen molar-refractivity contribution >= 4 is 29.4 Å². The number of methoxy groups -OCH3 is 2. The van der Waals surface area contributed by atoms with E-state index in [0.717, 1.165) is 19.3 Å². The summed E-state index contributed by atoms with van der Waals surface area (Å²) in [4.78, 5) is 49.4. The summed E-state index contributed by atoms with van der Waals surface area (Å²) in [5.74, 6) is -1.74. The molecule has 1 saturated heterocycles.